The topological polar surface area (TPSA) is 67.2 Å². The van der Waals surface area contributed by atoms with E-state index in [4.69, 9.17) is 0 Å². The Kier molecular flexibility index (Phi) is 4.93. The quantitative estimate of drug-likeness (QED) is 0.903. The van der Waals surface area contributed by atoms with Crippen LogP contribution < -0.4 is 15.8 Å². The lowest BCUT2D eigenvalue weighted by Crippen LogP contribution is -2.36. The van der Waals surface area contributed by atoms with Crippen molar-refractivity contribution in [3.63, 3.8) is 0 Å². The van der Waals surface area contributed by atoms with Crippen molar-refractivity contribution in [1.29, 1.82) is 0 Å². The summed E-state index contributed by atoms with van der Waals surface area (Å²) in [7, 11) is 0. The summed E-state index contributed by atoms with van der Waals surface area (Å²) in [5, 5.41) is 2.86. The Labute approximate surface area is 141 Å². The number of hydrogen-bond donors (Lipinski definition) is 1. The van der Waals surface area contributed by atoms with Gasteiger partial charge in [-0.2, -0.15) is 0 Å². The fraction of sp³-hybridized carbons (Fsp3) is 0.389. The highest BCUT2D eigenvalue weighted by Crippen LogP contribution is 2.16. The molecule has 1 amide bonds. The number of carbonyl (C=O) groups excluding carboxylic acids is 1. The van der Waals surface area contributed by atoms with Crippen LogP contribution in [0.3, 0.4) is 0 Å². The zero-order valence-electron chi connectivity index (χ0n) is 13.9. The summed E-state index contributed by atoms with van der Waals surface area (Å²) >= 11 is 0. The van der Waals surface area contributed by atoms with Gasteiger partial charge < -0.3 is 10.2 Å². The second kappa shape index (κ2) is 7.29. The van der Waals surface area contributed by atoms with Crippen LogP contribution in [0, 0.1) is 6.92 Å². The van der Waals surface area contributed by atoms with Crippen LogP contribution in [0.15, 0.2) is 41.2 Å². The highest BCUT2D eigenvalue weighted by molar-refractivity contribution is 5.76. The number of aryl methyl sites for hydroxylation is 1. The third-order valence-corrected chi connectivity index (χ3v) is 4.14. The van der Waals surface area contributed by atoms with E-state index in [9.17, 15) is 9.59 Å². The van der Waals surface area contributed by atoms with Gasteiger partial charge in [0.1, 0.15) is 6.54 Å². The average Bonchev–Trinajstić information content (AvgIpc) is 3.10. The summed E-state index contributed by atoms with van der Waals surface area (Å²) in [6.07, 6.45) is 2.17. The Hall–Kier alpha value is -2.63. The van der Waals surface area contributed by atoms with Crippen molar-refractivity contribution in [3.05, 3.63) is 58.0 Å². The largest absolute Gasteiger partial charge is 0.350 e. The summed E-state index contributed by atoms with van der Waals surface area (Å²) in [5.74, 6) is 0.416. The Balaban J connectivity index is 1.74. The van der Waals surface area contributed by atoms with Gasteiger partial charge in [-0.25, -0.2) is 4.98 Å². The molecule has 2 aromatic rings. The van der Waals surface area contributed by atoms with E-state index < -0.39 is 0 Å². The minimum atomic E-state index is -0.188. The van der Waals surface area contributed by atoms with Gasteiger partial charge in [0.15, 0.2) is 0 Å². The number of carbonyl (C=O) groups is 1. The lowest BCUT2D eigenvalue weighted by Gasteiger charge is -2.21. The van der Waals surface area contributed by atoms with Crippen LogP contribution in [0.25, 0.3) is 0 Å². The number of rotatable bonds is 5. The summed E-state index contributed by atoms with van der Waals surface area (Å²) in [5.41, 5.74) is 1.53. The van der Waals surface area contributed by atoms with Crippen molar-refractivity contribution in [1.82, 2.24) is 14.9 Å². The lowest BCUT2D eigenvalue weighted by molar-refractivity contribution is -0.121. The summed E-state index contributed by atoms with van der Waals surface area (Å²) < 4.78 is 1.47. The molecule has 1 aromatic carbocycles. The van der Waals surface area contributed by atoms with Gasteiger partial charge in [-0.15, -0.1) is 0 Å². The maximum absolute atomic E-state index is 12.3. The number of nitrogens with one attached hydrogen (secondary N) is 1. The summed E-state index contributed by atoms with van der Waals surface area (Å²) in [6.45, 7) is 4.00. The van der Waals surface area contributed by atoms with Gasteiger partial charge in [0.25, 0.3) is 5.56 Å². The molecule has 2 heterocycles. The maximum atomic E-state index is 12.3. The summed E-state index contributed by atoms with van der Waals surface area (Å²) in [4.78, 5) is 31.2. The van der Waals surface area contributed by atoms with Crippen LogP contribution in [0.1, 0.15) is 24.1 Å². The second-order valence-electron chi connectivity index (χ2n) is 6.08. The Morgan fingerprint density at radius 2 is 1.92 bits per heavy atom. The van der Waals surface area contributed by atoms with E-state index in [0.717, 1.165) is 31.5 Å². The molecule has 0 aliphatic carbocycles. The first-order valence-electron chi connectivity index (χ1n) is 8.27. The Morgan fingerprint density at radius 3 is 2.62 bits per heavy atom. The van der Waals surface area contributed by atoms with E-state index in [1.54, 1.807) is 6.92 Å². The molecule has 0 atom stereocenters. The van der Waals surface area contributed by atoms with Crippen molar-refractivity contribution in [2.24, 2.45) is 0 Å². The zero-order valence-corrected chi connectivity index (χ0v) is 13.9. The molecule has 1 fully saturated rings. The number of anilines is 1. The predicted octanol–water partition coefficient (Wildman–Crippen LogP) is 1.47. The van der Waals surface area contributed by atoms with Gasteiger partial charge in [0, 0.05) is 31.4 Å². The monoisotopic (exact) mass is 326 g/mol. The summed E-state index contributed by atoms with van der Waals surface area (Å²) in [6, 6.07) is 11.2. The number of amides is 1. The van der Waals surface area contributed by atoms with Crippen LogP contribution in [-0.2, 0) is 17.9 Å². The minimum Gasteiger partial charge on any atom is -0.350 e. The molecular weight excluding hydrogens is 304 g/mol. The minimum absolute atomic E-state index is 0.00915. The normalized spacial score (nSPS) is 14.0. The number of hydrogen-bond acceptors (Lipinski definition) is 4. The number of aromatic nitrogens is 2. The van der Waals surface area contributed by atoms with Gasteiger partial charge in [-0.3, -0.25) is 14.2 Å². The zero-order chi connectivity index (χ0) is 16.9. The van der Waals surface area contributed by atoms with Gasteiger partial charge >= 0.3 is 0 Å². The molecule has 0 radical (unpaired) electrons. The fourth-order valence-corrected chi connectivity index (χ4v) is 2.91. The van der Waals surface area contributed by atoms with Crippen molar-refractivity contribution in [2.75, 3.05) is 18.0 Å². The first-order valence-corrected chi connectivity index (χ1v) is 8.27. The third kappa shape index (κ3) is 3.82. The fourth-order valence-electron chi connectivity index (χ4n) is 2.91. The van der Waals surface area contributed by atoms with Gasteiger partial charge in [0.05, 0.1) is 0 Å². The molecule has 0 bridgehead atoms. The smallest absolute Gasteiger partial charge is 0.255 e. The molecule has 3 rings (SSSR count). The van der Waals surface area contributed by atoms with Crippen LogP contribution in [0.4, 0.5) is 5.95 Å². The van der Waals surface area contributed by atoms with Crippen LogP contribution >= 0.6 is 0 Å². The standard InChI is InChI=1S/C18H22N4O2/c1-14-11-17(24)22(18(20-14)21-9-5-6-10-21)13-16(23)19-12-15-7-3-2-4-8-15/h2-4,7-8,11H,5-6,9-10,12-13H2,1H3,(H,19,23). The predicted molar refractivity (Wildman–Crippen MR) is 93.0 cm³/mol. The van der Waals surface area contributed by atoms with E-state index in [0.29, 0.717) is 18.2 Å². The molecule has 1 N–H and O–H groups in total. The first kappa shape index (κ1) is 16.2. The molecular formula is C18H22N4O2. The van der Waals surface area contributed by atoms with Crippen LogP contribution in [0.2, 0.25) is 0 Å². The van der Waals surface area contributed by atoms with E-state index in [1.807, 2.05) is 30.3 Å². The molecule has 1 aromatic heterocycles. The molecule has 6 heteroatoms. The third-order valence-electron chi connectivity index (χ3n) is 4.14. The van der Waals surface area contributed by atoms with Crippen LogP contribution in [0.5, 0.6) is 0 Å². The second-order valence-corrected chi connectivity index (χ2v) is 6.08. The molecule has 1 aliphatic rings. The maximum Gasteiger partial charge on any atom is 0.255 e. The molecule has 0 saturated carbocycles. The Morgan fingerprint density at radius 1 is 1.21 bits per heavy atom. The van der Waals surface area contributed by atoms with E-state index in [1.165, 1.54) is 10.6 Å². The molecule has 0 unspecified atom stereocenters. The first-order chi connectivity index (χ1) is 11.6. The van der Waals surface area contributed by atoms with Crippen molar-refractivity contribution >= 4 is 11.9 Å². The highest BCUT2D eigenvalue weighted by atomic mass is 16.2. The molecule has 0 spiro atoms. The van der Waals surface area contributed by atoms with Gasteiger partial charge in [-0.1, -0.05) is 30.3 Å². The lowest BCUT2D eigenvalue weighted by atomic mass is 10.2. The number of nitrogens with zero attached hydrogens (tertiary/aromatic N) is 3. The molecule has 6 nitrogen and oxygen atoms in total. The highest BCUT2D eigenvalue weighted by Gasteiger charge is 2.20. The molecule has 1 saturated heterocycles. The van der Waals surface area contributed by atoms with Crippen LogP contribution in [-0.4, -0.2) is 28.5 Å². The molecule has 24 heavy (non-hydrogen) atoms. The van der Waals surface area contributed by atoms with Gasteiger partial charge in [-0.05, 0) is 25.3 Å². The van der Waals surface area contributed by atoms with Crippen molar-refractivity contribution in [2.45, 2.75) is 32.9 Å². The van der Waals surface area contributed by atoms with E-state index in [2.05, 4.69) is 15.2 Å². The number of benzene rings is 1. The SMILES string of the molecule is Cc1cc(=O)n(CC(=O)NCc2ccccc2)c(N2CCCC2)n1. The van der Waals surface area contributed by atoms with E-state index in [-0.39, 0.29) is 18.0 Å². The van der Waals surface area contributed by atoms with Crippen molar-refractivity contribution < 1.29 is 4.79 Å². The van der Waals surface area contributed by atoms with E-state index >= 15 is 0 Å². The molecule has 1 aliphatic heterocycles. The Bertz CT molecular complexity index is 764. The van der Waals surface area contributed by atoms with Gasteiger partial charge in [0.2, 0.25) is 11.9 Å². The molecule has 126 valence electrons. The van der Waals surface area contributed by atoms with Crippen molar-refractivity contribution in [3.8, 4) is 0 Å². The average molecular weight is 326 g/mol.